The van der Waals surface area contributed by atoms with E-state index < -0.39 is 0 Å². The lowest BCUT2D eigenvalue weighted by Gasteiger charge is -2.36. The van der Waals surface area contributed by atoms with Crippen LogP contribution in [-0.4, -0.2) is 44.2 Å². The average molecular weight is 419 g/mol. The van der Waals surface area contributed by atoms with Gasteiger partial charge in [-0.15, -0.1) is 0 Å². The van der Waals surface area contributed by atoms with E-state index in [2.05, 4.69) is 34.1 Å². The van der Waals surface area contributed by atoms with Gasteiger partial charge in [0.25, 0.3) is 0 Å². The molecule has 150 valence electrons. The van der Waals surface area contributed by atoms with Gasteiger partial charge in [-0.25, -0.2) is 0 Å². The molecule has 0 N–H and O–H groups in total. The normalized spacial score (nSPS) is 17.0. The molecule has 4 rings (SSSR count). The summed E-state index contributed by atoms with van der Waals surface area (Å²) >= 11 is 12.5. The lowest BCUT2D eigenvalue weighted by molar-refractivity contribution is 0.238. The number of ether oxygens (including phenoxy) is 1. The van der Waals surface area contributed by atoms with Crippen LogP contribution in [0.15, 0.2) is 36.4 Å². The highest BCUT2D eigenvalue weighted by molar-refractivity contribution is 6.43. The van der Waals surface area contributed by atoms with Crippen molar-refractivity contribution in [1.82, 2.24) is 4.90 Å². The number of unbranched alkanes of at least 4 members (excludes halogenated alkanes) is 1. The molecule has 1 heterocycles. The van der Waals surface area contributed by atoms with Gasteiger partial charge in [0, 0.05) is 26.2 Å². The summed E-state index contributed by atoms with van der Waals surface area (Å²) in [6, 6.07) is 12.5. The Morgan fingerprint density at radius 1 is 0.893 bits per heavy atom. The molecule has 2 aliphatic rings. The third kappa shape index (κ3) is 4.76. The van der Waals surface area contributed by atoms with Crippen LogP contribution < -0.4 is 9.64 Å². The highest BCUT2D eigenvalue weighted by Crippen LogP contribution is 2.33. The maximum Gasteiger partial charge on any atom is 0.119 e. The van der Waals surface area contributed by atoms with Gasteiger partial charge in [-0.1, -0.05) is 35.3 Å². The topological polar surface area (TPSA) is 15.7 Å². The first kappa shape index (κ1) is 19.9. The van der Waals surface area contributed by atoms with E-state index in [1.165, 1.54) is 36.8 Å². The van der Waals surface area contributed by atoms with Gasteiger partial charge in [-0.2, -0.15) is 0 Å². The molecule has 1 fully saturated rings. The van der Waals surface area contributed by atoms with Crippen LogP contribution in [0.4, 0.5) is 5.69 Å². The Morgan fingerprint density at radius 3 is 2.57 bits per heavy atom. The number of benzene rings is 2. The van der Waals surface area contributed by atoms with Crippen LogP contribution >= 0.6 is 23.2 Å². The van der Waals surface area contributed by atoms with Crippen molar-refractivity contribution in [3.05, 3.63) is 57.6 Å². The Labute approximate surface area is 178 Å². The number of piperazine rings is 1. The largest absolute Gasteiger partial charge is 0.494 e. The number of nitrogens with zero attached hydrogens (tertiary/aromatic N) is 2. The SMILES string of the molecule is Clc1cccc(N2CCN(CCCCOc3ccc4c(c3)CCC4)CC2)c1Cl. The van der Waals surface area contributed by atoms with Gasteiger partial charge in [0.1, 0.15) is 5.75 Å². The minimum absolute atomic E-state index is 0.630. The van der Waals surface area contributed by atoms with E-state index in [-0.39, 0.29) is 0 Å². The van der Waals surface area contributed by atoms with E-state index >= 15 is 0 Å². The molecule has 0 spiro atoms. The quantitative estimate of drug-likeness (QED) is 0.554. The van der Waals surface area contributed by atoms with Crippen molar-refractivity contribution in [2.24, 2.45) is 0 Å². The fraction of sp³-hybridized carbons (Fsp3) is 0.478. The Kier molecular flexibility index (Phi) is 6.66. The summed E-state index contributed by atoms with van der Waals surface area (Å²) in [7, 11) is 0. The predicted octanol–water partition coefficient (Wildman–Crippen LogP) is 5.46. The van der Waals surface area contributed by atoms with Crippen molar-refractivity contribution in [2.75, 3.05) is 44.2 Å². The van der Waals surface area contributed by atoms with Crippen molar-refractivity contribution >= 4 is 28.9 Å². The maximum atomic E-state index is 6.36. The minimum Gasteiger partial charge on any atom is -0.494 e. The fourth-order valence-electron chi connectivity index (χ4n) is 4.21. The maximum absolute atomic E-state index is 6.36. The molecule has 0 saturated carbocycles. The average Bonchev–Trinajstić information content (AvgIpc) is 3.18. The molecule has 0 bridgehead atoms. The predicted molar refractivity (Wildman–Crippen MR) is 118 cm³/mol. The van der Waals surface area contributed by atoms with Crippen LogP contribution in [0.2, 0.25) is 10.0 Å². The van der Waals surface area contributed by atoms with E-state index in [1.807, 2.05) is 12.1 Å². The molecule has 1 aliphatic carbocycles. The second-order valence-corrected chi connectivity index (χ2v) is 8.53. The van der Waals surface area contributed by atoms with Crippen LogP contribution in [0.1, 0.15) is 30.4 Å². The van der Waals surface area contributed by atoms with E-state index in [0.717, 1.165) is 57.2 Å². The summed E-state index contributed by atoms with van der Waals surface area (Å²) in [5.74, 6) is 1.03. The summed E-state index contributed by atoms with van der Waals surface area (Å²) in [6.07, 6.45) is 5.99. The zero-order chi connectivity index (χ0) is 19.3. The lowest BCUT2D eigenvalue weighted by atomic mass is 10.1. The van der Waals surface area contributed by atoms with Crippen LogP contribution in [0, 0.1) is 0 Å². The lowest BCUT2D eigenvalue weighted by Crippen LogP contribution is -2.46. The number of hydrogen-bond donors (Lipinski definition) is 0. The molecule has 1 aliphatic heterocycles. The monoisotopic (exact) mass is 418 g/mol. The number of fused-ring (bicyclic) bond motifs is 1. The first-order chi connectivity index (χ1) is 13.7. The van der Waals surface area contributed by atoms with Gasteiger partial charge in [0.15, 0.2) is 0 Å². The summed E-state index contributed by atoms with van der Waals surface area (Å²) in [5.41, 5.74) is 4.04. The summed E-state index contributed by atoms with van der Waals surface area (Å²) in [6.45, 7) is 6.04. The molecule has 3 nitrogen and oxygen atoms in total. The molecule has 0 radical (unpaired) electrons. The summed E-state index contributed by atoms with van der Waals surface area (Å²) in [4.78, 5) is 4.87. The molecule has 28 heavy (non-hydrogen) atoms. The fourth-order valence-corrected chi connectivity index (χ4v) is 4.63. The van der Waals surface area contributed by atoms with Gasteiger partial charge < -0.3 is 9.64 Å². The van der Waals surface area contributed by atoms with Gasteiger partial charge in [0.2, 0.25) is 0 Å². The highest BCUT2D eigenvalue weighted by Gasteiger charge is 2.19. The number of aryl methyl sites for hydroxylation is 2. The van der Waals surface area contributed by atoms with Gasteiger partial charge in [-0.3, -0.25) is 4.90 Å². The van der Waals surface area contributed by atoms with Gasteiger partial charge in [-0.05, 0) is 74.0 Å². The standard InChI is InChI=1S/C23H28Cl2N2O/c24-21-7-4-8-22(23(21)25)27-14-12-26(13-15-27)11-1-2-16-28-20-10-9-18-5-3-6-19(18)17-20/h4,7-10,17H,1-3,5-6,11-16H2. The van der Waals surface area contributed by atoms with Crippen LogP contribution in [0.3, 0.4) is 0 Å². The second kappa shape index (κ2) is 9.39. The Balaban J connectivity index is 1.15. The van der Waals surface area contributed by atoms with E-state index in [4.69, 9.17) is 27.9 Å². The van der Waals surface area contributed by atoms with E-state index in [9.17, 15) is 0 Å². The first-order valence-electron chi connectivity index (χ1n) is 10.4. The molecule has 1 saturated heterocycles. The van der Waals surface area contributed by atoms with Crippen LogP contribution in [0.5, 0.6) is 5.75 Å². The molecule has 0 atom stereocenters. The van der Waals surface area contributed by atoms with Crippen LogP contribution in [-0.2, 0) is 12.8 Å². The zero-order valence-corrected chi connectivity index (χ0v) is 17.8. The van der Waals surface area contributed by atoms with Gasteiger partial charge >= 0.3 is 0 Å². The molecule has 0 unspecified atom stereocenters. The van der Waals surface area contributed by atoms with Crippen molar-refractivity contribution < 1.29 is 4.74 Å². The second-order valence-electron chi connectivity index (χ2n) is 7.74. The van der Waals surface area contributed by atoms with Crippen molar-refractivity contribution in [1.29, 1.82) is 0 Å². The number of rotatable bonds is 7. The number of halogens is 2. The number of anilines is 1. The Hall–Kier alpha value is -1.42. The first-order valence-corrected chi connectivity index (χ1v) is 11.1. The molecule has 0 amide bonds. The Bertz CT molecular complexity index is 803. The van der Waals surface area contributed by atoms with Crippen molar-refractivity contribution in [3.8, 4) is 5.75 Å². The molecule has 5 heteroatoms. The van der Waals surface area contributed by atoms with Crippen molar-refractivity contribution in [2.45, 2.75) is 32.1 Å². The van der Waals surface area contributed by atoms with E-state index in [1.54, 1.807) is 0 Å². The highest BCUT2D eigenvalue weighted by atomic mass is 35.5. The molecule has 2 aromatic carbocycles. The zero-order valence-electron chi connectivity index (χ0n) is 16.3. The molecular formula is C23H28Cl2N2O. The smallest absolute Gasteiger partial charge is 0.119 e. The third-order valence-electron chi connectivity index (χ3n) is 5.85. The third-order valence-corrected chi connectivity index (χ3v) is 6.66. The summed E-state index contributed by atoms with van der Waals surface area (Å²) in [5, 5.41) is 1.30. The summed E-state index contributed by atoms with van der Waals surface area (Å²) < 4.78 is 5.97. The molecule has 2 aromatic rings. The minimum atomic E-state index is 0.630. The molecule has 0 aromatic heterocycles. The van der Waals surface area contributed by atoms with Gasteiger partial charge in [0.05, 0.1) is 22.3 Å². The number of hydrogen-bond acceptors (Lipinski definition) is 3. The van der Waals surface area contributed by atoms with Crippen molar-refractivity contribution in [3.63, 3.8) is 0 Å². The Morgan fingerprint density at radius 2 is 1.71 bits per heavy atom. The van der Waals surface area contributed by atoms with E-state index in [0.29, 0.717) is 10.0 Å². The molecular weight excluding hydrogens is 391 g/mol. The van der Waals surface area contributed by atoms with Crippen LogP contribution in [0.25, 0.3) is 0 Å².